The summed E-state index contributed by atoms with van der Waals surface area (Å²) in [7, 11) is 4.06. The van der Waals surface area contributed by atoms with Crippen molar-refractivity contribution in [1.82, 2.24) is 15.1 Å². The molecule has 21 heavy (non-hydrogen) atoms. The Morgan fingerprint density at radius 2 is 2.19 bits per heavy atom. The second-order valence-corrected chi connectivity index (χ2v) is 6.12. The van der Waals surface area contributed by atoms with Crippen molar-refractivity contribution in [2.75, 3.05) is 40.3 Å². The monoisotopic (exact) mass is 293 g/mol. The first-order valence-electron chi connectivity index (χ1n) is 7.76. The summed E-state index contributed by atoms with van der Waals surface area (Å²) in [6.07, 6.45) is 2.07. The lowest BCUT2D eigenvalue weighted by Crippen LogP contribution is -2.44. The first-order valence-corrected chi connectivity index (χ1v) is 7.76. The van der Waals surface area contributed by atoms with Crippen molar-refractivity contribution in [3.63, 3.8) is 0 Å². The summed E-state index contributed by atoms with van der Waals surface area (Å²) in [6.45, 7) is 5.93. The Bertz CT molecular complexity index is 450. The highest BCUT2D eigenvalue weighted by Gasteiger charge is 2.26. The van der Waals surface area contributed by atoms with E-state index >= 15 is 0 Å². The second-order valence-electron chi connectivity index (χ2n) is 6.12. The third kappa shape index (κ3) is 4.86. The number of amides is 1. The summed E-state index contributed by atoms with van der Waals surface area (Å²) >= 11 is 0. The lowest BCUT2D eigenvalue weighted by atomic mass is 9.98. The van der Waals surface area contributed by atoms with Gasteiger partial charge in [-0.05, 0) is 52.5 Å². The van der Waals surface area contributed by atoms with Gasteiger partial charge in [0.15, 0.2) is 0 Å². The highest BCUT2D eigenvalue weighted by Crippen LogP contribution is 2.16. The van der Waals surface area contributed by atoms with Gasteiger partial charge in [0, 0.05) is 19.6 Å². The van der Waals surface area contributed by atoms with Gasteiger partial charge in [-0.25, -0.2) is 0 Å². The number of nitrogens with one attached hydrogen (secondary N) is 1. The molecule has 1 aliphatic rings. The molecule has 1 fully saturated rings. The molecule has 0 aliphatic carbocycles. The molecule has 2 rings (SSSR count). The zero-order valence-corrected chi connectivity index (χ0v) is 13.4. The molecule has 118 valence electrons. The minimum atomic E-state index is 0.108. The number of hydrogen-bond donors (Lipinski definition) is 1. The van der Waals surface area contributed by atoms with Crippen LogP contribution in [-0.4, -0.2) is 56.0 Å². The maximum Gasteiger partial charge on any atom is 0.227 e. The van der Waals surface area contributed by atoms with Gasteiger partial charge in [-0.15, -0.1) is 0 Å². The van der Waals surface area contributed by atoms with Gasteiger partial charge in [-0.1, -0.05) is 0 Å². The van der Waals surface area contributed by atoms with E-state index in [0.29, 0.717) is 6.54 Å². The highest BCUT2D eigenvalue weighted by molar-refractivity contribution is 5.79. The lowest BCUT2D eigenvalue weighted by Gasteiger charge is -2.30. The third-order valence-corrected chi connectivity index (χ3v) is 3.92. The number of nitrogens with zero attached hydrogens (tertiary/aromatic N) is 2. The predicted molar refractivity (Wildman–Crippen MR) is 83.0 cm³/mol. The number of hydrogen-bond acceptors (Lipinski definition) is 4. The quantitative estimate of drug-likeness (QED) is 0.863. The van der Waals surface area contributed by atoms with Crippen LogP contribution in [0.25, 0.3) is 0 Å². The van der Waals surface area contributed by atoms with Crippen molar-refractivity contribution in [1.29, 1.82) is 0 Å². The van der Waals surface area contributed by atoms with Crippen LogP contribution >= 0.6 is 0 Å². The van der Waals surface area contributed by atoms with Gasteiger partial charge in [0.05, 0.1) is 12.5 Å². The summed E-state index contributed by atoms with van der Waals surface area (Å²) in [4.78, 5) is 16.8. The summed E-state index contributed by atoms with van der Waals surface area (Å²) in [5, 5.41) is 3.32. The van der Waals surface area contributed by atoms with Gasteiger partial charge < -0.3 is 19.5 Å². The molecule has 0 spiro atoms. The number of likely N-dealkylation sites (N-methyl/N-ethyl adjacent to an activating group) is 1. The molecule has 0 saturated carbocycles. The topological polar surface area (TPSA) is 48.7 Å². The summed E-state index contributed by atoms with van der Waals surface area (Å²) in [5.74, 6) is 2.11. The van der Waals surface area contributed by atoms with Crippen molar-refractivity contribution < 1.29 is 9.21 Å². The summed E-state index contributed by atoms with van der Waals surface area (Å²) in [6, 6.07) is 3.91. The van der Waals surface area contributed by atoms with Gasteiger partial charge in [0.1, 0.15) is 11.5 Å². The van der Waals surface area contributed by atoms with E-state index in [2.05, 4.69) is 10.2 Å². The standard InChI is InChI=1S/C16H27N3O2/c1-13-6-7-15(21-13)12-19(10-9-18(2)3)16(20)14-5-4-8-17-11-14/h6-7,14,17H,4-5,8-12H2,1-3H3. The van der Waals surface area contributed by atoms with E-state index in [1.807, 2.05) is 38.1 Å². The van der Waals surface area contributed by atoms with Crippen LogP contribution in [0, 0.1) is 12.8 Å². The maximum atomic E-state index is 12.7. The Hall–Kier alpha value is -1.33. The fourth-order valence-electron chi connectivity index (χ4n) is 2.67. The van der Waals surface area contributed by atoms with Gasteiger partial charge in [-0.2, -0.15) is 0 Å². The molecular weight excluding hydrogens is 266 g/mol. The van der Waals surface area contributed by atoms with Crippen LogP contribution in [-0.2, 0) is 11.3 Å². The minimum absolute atomic E-state index is 0.108. The normalized spacial score (nSPS) is 19.0. The first kappa shape index (κ1) is 16.0. The fourth-order valence-corrected chi connectivity index (χ4v) is 2.67. The molecular formula is C16H27N3O2. The van der Waals surface area contributed by atoms with Gasteiger partial charge in [0.2, 0.25) is 5.91 Å². The summed E-state index contributed by atoms with van der Waals surface area (Å²) < 4.78 is 5.64. The van der Waals surface area contributed by atoms with Crippen molar-refractivity contribution >= 4 is 5.91 Å². The number of carbonyl (C=O) groups excluding carboxylic acids is 1. The molecule has 0 aromatic carbocycles. The number of furan rings is 1. The summed E-state index contributed by atoms with van der Waals surface area (Å²) in [5.41, 5.74) is 0. The van der Waals surface area contributed by atoms with Crippen LogP contribution in [0.1, 0.15) is 24.4 Å². The lowest BCUT2D eigenvalue weighted by molar-refractivity contribution is -0.137. The average Bonchev–Trinajstić information content (AvgIpc) is 2.89. The zero-order chi connectivity index (χ0) is 15.2. The fraction of sp³-hybridized carbons (Fsp3) is 0.688. The van der Waals surface area contributed by atoms with Crippen LogP contribution < -0.4 is 5.32 Å². The van der Waals surface area contributed by atoms with E-state index in [1.54, 1.807) is 0 Å². The second kappa shape index (κ2) is 7.61. The Morgan fingerprint density at radius 1 is 1.38 bits per heavy atom. The van der Waals surface area contributed by atoms with E-state index in [0.717, 1.165) is 50.5 Å². The molecule has 1 unspecified atom stereocenters. The first-order chi connectivity index (χ1) is 10.1. The number of piperidine rings is 1. The molecule has 1 saturated heterocycles. The van der Waals surface area contributed by atoms with E-state index in [4.69, 9.17) is 4.42 Å². The Kier molecular flexibility index (Phi) is 5.82. The molecule has 1 amide bonds. The molecule has 1 aromatic heterocycles. The molecule has 0 radical (unpaired) electrons. The van der Waals surface area contributed by atoms with Crippen molar-refractivity contribution in [3.8, 4) is 0 Å². The van der Waals surface area contributed by atoms with Gasteiger partial charge in [0.25, 0.3) is 0 Å². The smallest absolute Gasteiger partial charge is 0.227 e. The third-order valence-electron chi connectivity index (χ3n) is 3.92. The minimum Gasteiger partial charge on any atom is -0.464 e. The number of rotatable bonds is 6. The van der Waals surface area contributed by atoms with E-state index in [-0.39, 0.29) is 11.8 Å². The van der Waals surface area contributed by atoms with E-state index < -0.39 is 0 Å². The molecule has 5 nitrogen and oxygen atoms in total. The number of carbonyl (C=O) groups is 1. The maximum absolute atomic E-state index is 12.7. The predicted octanol–water partition coefficient (Wildman–Crippen LogP) is 1.48. The van der Waals surface area contributed by atoms with E-state index in [1.165, 1.54) is 0 Å². The zero-order valence-electron chi connectivity index (χ0n) is 13.4. The molecule has 1 atom stereocenters. The molecule has 0 bridgehead atoms. The largest absolute Gasteiger partial charge is 0.464 e. The average molecular weight is 293 g/mol. The Labute approximate surface area is 127 Å². The Morgan fingerprint density at radius 3 is 2.76 bits per heavy atom. The van der Waals surface area contributed by atoms with Crippen LogP contribution in [0.15, 0.2) is 16.5 Å². The van der Waals surface area contributed by atoms with Crippen molar-refractivity contribution in [3.05, 3.63) is 23.7 Å². The van der Waals surface area contributed by atoms with Gasteiger partial charge in [-0.3, -0.25) is 4.79 Å². The Balaban J connectivity index is 2.01. The van der Waals surface area contributed by atoms with Crippen LogP contribution in [0.2, 0.25) is 0 Å². The van der Waals surface area contributed by atoms with Crippen LogP contribution in [0.5, 0.6) is 0 Å². The van der Waals surface area contributed by atoms with Crippen molar-refractivity contribution in [2.24, 2.45) is 5.92 Å². The molecule has 1 aromatic rings. The van der Waals surface area contributed by atoms with Crippen LogP contribution in [0.3, 0.4) is 0 Å². The highest BCUT2D eigenvalue weighted by atomic mass is 16.3. The molecule has 1 N–H and O–H groups in total. The van der Waals surface area contributed by atoms with Crippen LogP contribution in [0.4, 0.5) is 0 Å². The van der Waals surface area contributed by atoms with Crippen molar-refractivity contribution in [2.45, 2.75) is 26.3 Å². The van der Waals surface area contributed by atoms with E-state index in [9.17, 15) is 4.79 Å². The molecule has 5 heteroatoms. The number of aryl methyl sites for hydroxylation is 1. The molecule has 2 heterocycles. The molecule has 1 aliphatic heterocycles. The SMILES string of the molecule is Cc1ccc(CN(CCN(C)C)C(=O)C2CCCNC2)o1. The van der Waals surface area contributed by atoms with Gasteiger partial charge >= 0.3 is 0 Å².